The zero-order chi connectivity index (χ0) is 11.1. The summed E-state index contributed by atoms with van der Waals surface area (Å²) in [6.45, 7) is 4.65. The van der Waals surface area contributed by atoms with E-state index in [-0.39, 0.29) is 0 Å². The van der Waals surface area contributed by atoms with Gasteiger partial charge in [-0.15, -0.1) is 0 Å². The molecule has 0 saturated heterocycles. The average molecular weight is 219 g/mol. The number of ether oxygens (including phenoxy) is 2. The lowest BCUT2D eigenvalue weighted by atomic mass is 9.95. The standard InChI is InChI=1S/C13H17NO2/c1-8-9-3-5-16-13(9)11(7-14-2)10-4-6-15-12(8)10/h14H,3-7H2,1-2H3. The topological polar surface area (TPSA) is 30.5 Å². The van der Waals surface area contributed by atoms with E-state index in [9.17, 15) is 0 Å². The summed E-state index contributed by atoms with van der Waals surface area (Å²) in [5.41, 5.74) is 5.31. The molecule has 0 atom stereocenters. The molecule has 0 saturated carbocycles. The van der Waals surface area contributed by atoms with E-state index in [4.69, 9.17) is 9.47 Å². The summed E-state index contributed by atoms with van der Waals surface area (Å²) in [6, 6.07) is 0. The fraction of sp³-hybridized carbons (Fsp3) is 0.538. The summed E-state index contributed by atoms with van der Waals surface area (Å²) in [7, 11) is 1.98. The molecule has 0 spiro atoms. The summed E-state index contributed by atoms with van der Waals surface area (Å²) in [5.74, 6) is 2.24. The molecule has 0 unspecified atom stereocenters. The van der Waals surface area contributed by atoms with Crippen LogP contribution in [0.15, 0.2) is 0 Å². The Labute approximate surface area is 95.8 Å². The Morgan fingerprint density at radius 3 is 2.50 bits per heavy atom. The van der Waals surface area contributed by atoms with E-state index >= 15 is 0 Å². The van der Waals surface area contributed by atoms with Crippen molar-refractivity contribution < 1.29 is 9.47 Å². The number of nitrogens with one attached hydrogen (secondary N) is 1. The van der Waals surface area contributed by atoms with Gasteiger partial charge in [0.2, 0.25) is 0 Å². The summed E-state index contributed by atoms with van der Waals surface area (Å²) in [5, 5.41) is 3.23. The van der Waals surface area contributed by atoms with Crippen LogP contribution in [0, 0.1) is 6.92 Å². The normalized spacial score (nSPS) is 16.6. The molecule has 0 aromatic heterocycles. The van der Waals surface area contributed by atoms with Crippen molar-refractivity contribution in [2.75, 3.05) is 20.3 Å². The summed E-state index contributed by atoms with van der Waals surface area (Å²) < 4.78 is 11.6. The van der Waals surface area contributed by atoms with Gasteiger partial charge >= 0.3 is 0 Å². The third kappa shape index (κ3) is 1.24. The largest absolute Gasteiger partial charge is 0.493 e. The fourth-order valence-electron chi connectivity index (χ4n) is 2.80. The van der Waals surface area contributed by atoms with E-state index in [2.05, 4.69) is 12.2 Å². The van der Waals surface area contributed by atoms with Crippen LogP contribution in [-0.2, 0) is 19.4 Å². The Balaban J connectivity index is 2.23. The molecule has 0 bridgehead atoms. The minimum Gasteiger partial charge on any atom is -0.493 e. The van der Waals surface area contributed by atoms with Gasteiger partial charge in [0, 0.05) is 36.1 Å². The van der Waals surface area contributed by atoms with Crippen LogP contribution in [0.4, 0.5) is 0 Å². The van der Waals surface area contributed by atoms with Crippen LogP contribution in [0.1, 0.15) is 22.3 Å². The van der Waals surface area contributed by atoms with Crippen molar-refractivity contribution in [3.05, 3.63) is 22.3 Å². The molecule has 0 fully saturated rings. The van der Waals surface area contributed by atoms with Crippen LogP contribution in [0.2, 0.25) is 0 Å². The number of rotatable bonds is 2. The maximum atomic E-state index is 5.79. The Morgan fingerprint density at radius 2 is 1.75 bits per heavy atom. The number of hydrogen-bond acceptors (Lipinski definition) is 3. The average Bonchev–Trinajstić information content (AvgIpc) is 2.92. The zero-order valence-electron chi connectivity index (χ0n) is 9.85. The molecule has 2 aliphatic rings. The van der Waals surface area contributed by atoms with Gasteiger partial charge in [-0.1, -0.05) is 0 Å². The molecule has 3 heteroatoms. The summed E-state index contributed by atoms with van der Waals surface area (Å²) >= 11 is 0. The van der Waals surface area contributed by atoms with Gasteiger partial charge in [-0.25, -0.2) is 0 Å². The molecule has 2 aliphatic heterocycles. The number of hydrogen-bond donors (Lipinski definition) is 1. The highest BCUT2D eigenvalue weighted by molar-refractivity contribution is 5.61. The first-order chi connectivity index (χ1) is 7.83. The molecular formula is C13H17NO2. The lowest BCUT2D eigenvalue weighted by Crippen LogP contribution is -2.09. The maximum Gasteiger partial charge on any atom is 0.127 e. The molecule has 0 radical (unpaired) electrons. The monoisotopic (exact) mass is 219 g/mol. The van der Waals surface area contributed by atoms with Gasteiger partial charge in [-0.2, -0.15) is 0 Å². The van der Waals surface area contributed by atoms with Gasteiger partial charge in [-0.05, 0) is 19.5 Å². The predicted molar refractivity (Wildman–Crippen MR) is 62.3 cm³/mol. The van der Waals surface area contributed by atoms with Crippen LogP contribution in [0.5, 0.6) is 11.5 Å². The Hall–Kier alpha value is -1.22. The third-order valence-corrected chi connectivity index (χ3v) is 3.53. The van der Waals surface area contributed by atoms with E-state index in [1.165, 1.54) is 22.3 Å². The van der Waals surface area contributed by atoms with E-state index in [0.717, 1.165) is 44.1 Å². The highest BCUT2D eigenvalue weighted by Crippen LogP contribution is 2.43. The lowest BCUT2D eigenvalue weighted by Gasteiger charge is -2.15. The van der Waals surface area contributed by atoms with Crippen molar-refractivity contribution in [1.82, 2.24) is 5.32 Å². The van der Waals surface area contributed by atoms with E-state index in [1.54, 1.807) is 0 Å². The molecule has 16 heavy (non-hydrogen) atoms. The first-order valence-corrected chi connectivity index (χ1v) is 5.90. The highest BCUT2D eigenvalue weighted by atomic mass is 16.5. The van der Waals surface area contributed by atoms with Crippen molar-refractivity contribution in [1.29, 1.82) is 0 Å². The van der Waals surface area contributed by atoms with Crippen LogP contribution < -0.4 is 14.8 Å². The van der Waals surface area contributed by atoms with Crippen LogP contribution in [0.25, 0.3) is 0 Å². The highest BCUT2D eigenvalue weighted by Gasteiger charge is 2.28. The fourth-order valence-corrected chi connectivity index (χ4v) is 2.80. The zero-order valence-corrected chi connectivity index (χ0v) is 9.85. The van der Waals surface area contributed by atoms with Gasteiger partial charge in [0.15, 0.2) is 0 Å². The number of fused-ring (bicyclic) bond motifs is 2. The molecule has 3 rings (SSSR count). The molecule has 1 aromatic carbocycles. The smallest absolute Gasteiger partial charge is 0.127 e. The van der Waals surface area contributed by atoms with Crippen molar-refractivity contribution in [2.24, 2.45) is 0 Å². The minimum atomic E-state index is 0.815. The molecule has 3 nitrogen and oxygen atoms in total. The molecule has 2 heterocycles. The van der Waals surface area contributed by atoms with Crippen LogP contribution >= 0.6 is 0 Å². The first-order valence-electron chi connectivity index (χ1n) is 5.90. The summed E-state index contributed by atoms with van der Waals surface area (Å²) in [4.78, 5) is 0. The van der Waals surface area contributed by atoms with Gasteiger partial charge in [0.05, 0.1) is 13.2 Å². The van der Waals surface area contributed by atoms with Crippen molar-refractivity contribution in [3.8, 4) is 11.5 Å². The Bertz CT molecular complexity index is 405. The number of benzene rings is 1. The molecule has 1 aromatic rings. The minimum absolute atomic E-state index is 0.815. The van der Waals surface area contributed by atoms with Gasteiger partial charge in [0.1, 0.15) is 11.5 Å². The lowest BCUT2D eigenvalue weighted by molar-refractivity contribution is 0.352. The van der Waals surface area contributed by atoms with E-state index < -0.39 is 0 Å². The van der Waals surface area contributed by atoms with E-state index in [0.29, 0.717) is 0 Å². The second-order valence-corrected chi connectivity index (χ2v) is 4.45. The van der Waals surface area contributed by atoms with Crippen molar-refractivity contribution in [2.45, 2.75) is 26.3 Å². The Kier molecular flexibility index (Phi) is 2.28. The first kappa shape index (κ1) is 9.97. The van der Waals surface area contributed by atoms with Crippen LogP contribution in [-0.4, -0.2) is 20.3 Å². The van der Waals surface area contributed by atoms with Crippen molar-refractivity contribution in [3.63, 3.8) is 0 Å². The van der Waals surface area contributed by atoms with E-state index in [1.807, 2.05) is 7.05 Å². The molecule has 0 amide bonds. The molecule has 1 N–H and O–H groups in total. The van der Waals surface area contributed by atoms with Gasteiger partial charge in [-0.3, -0.25) is 0 Å². The van der Waals surface area contributed by atoms with Gasteiger partial charge < -0.3 is 14.8 Å². The third-order valence-electron chi connectivity index (χ3n) is 3.53. The predicted octanol–water partition coefficient (Wildman–Crippen LogP) is 1.58. The SMILES string of the molecule is CNCc1c2c(c(C)c3c1OCC3)OCC2. The second-order valence-electron chi connectivity index (χ2n) is 4.45. The van der Waals surface area contributed by atoms with Gasteiger partial charge in [0.25, 0.3) is 0 Å². The quantitative estimate of drug-likeness (QED) is 0.819. The molecule has 86 valence electrons. The Morgan fingerprint density at radius 1 is 1.06 bits per heavy atom. The maximum absolute atomic E-state index is 5.79. The second kappa shape index (κ2) is 3.67. The van der Waals surface area contributed by atoms with Crippen molar-refractivity contribution >= 4 is 0 Å². The molecule has 0 aliphatic carbocycles. The molecular weight excluding hydrogens is 202 g/mol. The van der Waals surface area contributed by atoms with Crippen LogP contribution in [0.3, 0.4) is 0 Å². The summed E-state index contributed by atoms with van der Waals surface area (Å²) in [6.07, 6.45) is 2.04.